The summed E-state index contributed by atoms with van der Waals surface area (Å²) in [4.78, 5) is 3.74. The Labute approximate surface area is 104 Å². The van der Waals surface area contributed by atoms with Crippen LogP contribution in [0.4, 0.5) is 22.0 Å². The van der Waals surface area contributed by atoms with Crippen LogP contribution in [0.5, 0.6) is 5.75 Å². The molecule has 0 N–H and O–H groups in total. The van der Waals surface area contributed by atoms with Crippen molar-refractivity contribution < 1.29 is 26.7 Å². The van der Waals surface area contributed by atoms with Crippen LogP contribution in [0.25, 0.3) is 5.69 Å². The zero-order chi connectivity index (χ0) is 14.1. The first kappa shape index (κ1) is 13.3. The lowest BCUT2D eigenvalue weighted by atomic mass is 10.3. The first-order valence-corrected chi connectivity index (χ1v) is 5.01. The quantitative estimate of drug-likeness (QED) is 0.804. The number of nitrogens with zero attached hydrogens (tertiary/aromatic N) is 2. The van der Waals surface area contributed by atoms with Crippen molar-refractivity contribution in [3.05, 3.63) is 43.0 Å². The Morgan fingerprint density at radius 2 is 1.84 bits per heavy atom. The molecule has 0 atom stereocenters. The van der Waals surface area contributed by atoms with E-state index in [1.807, 2.05) is 0 Å². The Morgan fingerprint density at radius 3 is 2.42 bits per heavy atom. The number of imidazole rings is 1. The zero-order valence-electron chi connectivity index (χ0n) is 9.23. The molecule has 0 bridgehead atoms. The largest absolute Gasteiger partial charge is 0.499 e. The van der Waals surface area contributed by atoms with E-state index >= 15 is 0 Å². The predicted octanol–water partition coefficient (Wildman–Crippen LogP) is 3.41. The third-order valence-corrected chi connectivity index (χ3v) is 2.20. The van der Waals surface area contributed by atoms with Crippen LogP contribution < -0.4 is 4.74 Å². The fourth-order valence-corrected chi connectivity index (χ4v) is 1.33. The van der Waals surface area contributed by atoms with Crippen LogP contribution in [-0.4, -0.2) is 21.8 Å². The van der Waals surface area contributed by atoms with Gasteiger partial charge in [0.1, 0.15) is 5.75 Å². The Bertz CT molecular complexity index is 550. The van der Waals surface area contributed by atoms with Crippen molar-refractivity contribution in [3.8, 4) is 11.4 Å². The summed E-state index contributed by atoms with van der Waals surface area (Å²) in [5, 5.41) is 0. The average Bonchev–Trinajstić information content (AvgIpc) is 2.80. The van der Waals surface area contributed by atoms with Gasteiger partial charge in [0.05, 0.1) is 12.0 Å². The van der Waals surface area contributed by atoms with Crippen LogP contribution in [0.15, 0.2) is 43.0 Å². The maximum absolute atomic E-state index is 12.7. The molecule has 0 amide bonds. The summed E-state index contributed by atoms with van der Waals surface area (Å²) in [5.41, 5.74) is 0.355. The summed E-state index contributed by atoms with van der Waals surface area (Å²) < 4.78 is 66.6. The molecule has 0 radical (unpaired) electrons. The monoisotopic (exact) mass is 278 g/mol. The van der Waals surface area contributed by atoms with Gasteiger partial charge in [-0.2, -0.15) is 22.0 Å². The highest BCUT2D eigenvalue weighted by Crippen LogP contribution is 2.37. The summed E-state index contributed by atoms with van der Waals surface area (Å²) in [7, 11) is 0. The van der Waals surface area contributed by atoms with E-state index in [-0.39, 0.29) is 0 Å². The molecule has 0 spiro atoms. The van der Waals surface area contributed by atoms with Crippen molar-refractivity contribution in [2.45, 2.75) is 12.3 Å². The summed E-state index contributed by atoms with van der Waals surface area (Å²) in [6.45, 7) is 0. The van der Waals surface area contributed by atoms with Crippen molar-refractivity contribution in [2.75, 3.05) is 0 Å². The maximum Gasteiger partial charge on any atom is 0.499 e. The van der Waals surface area contributed by atoms with E-state index in [2.05, 4.69) is 9.72 Å². The fourth-order valence-electron chi connectivity index (χ4n) is 1.33. The summed E-state index contributed by atoms with van der Waals surface area (Å²) >= 11 is 0. The van der Waals surface area contributed by atoms with Gasteiger partial charge in [-0.1, -0.05) is 6.07 Å². The first-order valence-electron chi connectivity index (χ1n) is 5.01. The number of benzene rings is 1. The SMILES string of the molecule is FC(F)(F)C(F)(F)Oc1cccc(-n2ccnc2)c1. The van der Waals surface area contributed by atoms with Crippen molar-refractivity contribution in [1.29, 1.82) is 0 Å². The van der Waals surface area contributed by atoms with E-state index in [4.69, 9.17) is 0 Å². The Balaban J connectivity index is 2.26. The molecule has 2 rings (SSSR count). The molecule has 8 heteroatoms. The second kappa shape index (κ2) is 4.52. The minimum absolute atomic E-state index is 0.355. The average molecular weight is 278 g/mol. The number of halogens is 5. The number of alkyl halides is 5. The lowest BCUT2D eigenvalue weighted by molar-refractivity contribution is -0.360. The van der Waals surface area contributed by atoms with E-state index in [0.717, 1.165) is 12.1 Å². The van der Waals surface area contributed by atoms with Crippen LogP contribution in [0.2, 0.25) is 0 Å². The third kappa shape index (κ3) is 2.83. The molecule has 1 heterocycles. The van der Waals surface area contributed by atoms with E-state index in [1.165, 1.54) is 35.4 Å². The molecule has 0 aliphatic rings. The molecule has 0 unspecified atom stereocenters. The van der Waals surface area contributed by atoms with Gasteiger partial charge in [-0.05, 0) is 12.1 Å². The van der Waals surface area contributed by atoms with E-state index in [1.54, 1.807) is 0 Å². The highest BCUT2D eigenvalue weighted by molar-refractivity contribution is 5.39. The molecule has 19 heavy (non-hydrogen) atoms. The minimum atomic E-state index is -5.77. The molecule has 1 aromatic heterocycles. The molecule has 0 aliphatic carbocycles. The standard InChI is InChI=1S/C11H7F5N2O/c12-10(13,14)11(15,16)19-9-3-1-2-8(6-9)18-5-4-17-7-18/h1-7H. The normalized spacial score (nSPS) is 12.5. The molecule has 1 aromatic carbocycles. The van der Waals surface area contributed by atoms with Gasteiger partial charge >= 0.3 is 12.3 Å². The van der Waals surface area contributed by atoms with Gasteiger partial charge in [-0.15, -0.1) is 0 Å². The number of rotatable bonds is 3. The van der Waals surface area contributed by atoms with Crippen molar-refractivity contribution in [3.63, 3.8) is 0 Å². The predicted molar refractivity (Wildman–Crippen MR) is 55.2 cm³/mol. The van der Waals surface area contributed by atoms with Crippen LogP contribution in [-0.2, 0) is 0 Å². The summed E-state index contributed by atoms with van der Waals surface area (Å²) in [5.74, 6) is -0.589. The molecule has 3 nitrogen and oxygen atoms in total. The van der Waals surface area contributed by atoms with E-state index < -0.39 is 18.0 Å². The number of ether oxygens (including phenoxy) is 1. The minimum Gasteiger partial charge on any atom is -0.426 e. The molecule has 0 aliphatic heterocycles. The van der Waals surface area contributed by atoms with Gasteiger partial charge in [0.15, 0.2) is 0 Å². The topological polar surface area (TPSA) is 27.1 Å². The van der Waals surface area contributed by atoms with Gasteiger partial charge in [0.2, 0.25) is 0 Å². The molecule has 2 aromatic rings. The number of aromatic nitrogens is 2. The fraction of sp³-hybridized carbons (Fsp3) is 0.182. The summed E-state index contributed by atoms with van der Waals surface area (Å²) in [6, 6.07) is 4.89. The Kier molecular flexibility index (Phi) is 3.17. The van der Waals surface area contributed by atoms with E-state index in [0.29, 0.717) is 5.69 Å². The zero-order valence-corrected chi connectivity index (χ0v) is 9.23. The van der Waals surface area contributed by atoms with Crippen LogP contribution in [0.1, 0.15) is 0 Å². The number of hydrogen-bond acceptors (Lipinski definition) is 2. The second-order valence-corrected chi connectivity index (χ2v) is 3.58. The van der Waals surface area contributed by atoms with Crippen molar-refractivity contribution in [1.82, 2.24) is 9.55 Å². The first-order chi connectivity index (χ1) is 8.79. The Hall–Kier alpha value is -2.12. The van der Waals surface area contributed by atoms with Gasteiger partial charge < -0.3 is 9.30 Å². The van der Waals surface area contributed by atoms with Crippen LogP contribution >= 0.6 is 0 Å². The lowest BCUT2D eigenvalue weighted by Crippen LogP contribution is -2.41. The number of hydrogen-bond donors (Lipinski definition) is 0. The highest BCUT2D eigenvalue weighted by atomic mass is 19.4. The molecule has 0 fully saturated rings. The van der Waals surface area contributed by atoms with Crippen LogP contribution in [0.3, 0.4) is 0 Å². The molecular weight excluding hydrogens is 271 g/mol. The van der Waals surface area contributed by atoms with Gasteiger partial charge in [-0.25, -0.2) is 4.98 Å². The molecular formula is C11H7F5N2O. The van der Waals surface area contributed by atoms with E-state index in [9.17, 15) is 22.0 Å². The van der Waals surface area contributed by atoms with Gasteiger partial charge in [-0.3, -0.25) is 0 Å². The maximum atomic E-state index is 12.7. The second-order valence-electron chi connectivity index (χ2n) is 3.58. The molecule has 102 valence electrons. The van der Waals surface area contributed by atoms with Crippen molar-refractivity contribution in [2.24, 2.45) is 0 Å². The van der Waals surface area contributed by atoms with Crippen molar-refractivity contribution >= 4 is 0 Å². The Morgan fingerprint density at radius 1 is 1.11 bits per heavy atom. The molecule has 0 saturated carbocycles. The van der Waals surface area contributed by atoms with Crippen LogP contribution in [0, 0.1) is 0 Å². The van der Waals surface area contributed by atoms with Gasteiger partial charge in [0, 0.05) is 18.5 Å². The van der Waals surface area contributed by atoms with Gasteiger partial charge in [0.25, 0.3) is 0 Å². The molecule has 0 saturated heterocycles. The highest BCUT2D eigenvalue weighted by Gasteiger charge is 2.61. The lowest BCUT2D eigenvalue weighted by Gasteiger charge is -2.20. The third-order valence-electron chi connectivity index (χ3n) is 2.20. The smallest absolute Gasteiger partial charge is 0.426 e. The summed E-state index contributed by atoms with van der Waals surface area (Å²) in [6.07, 6.45) is -6.67.